The second-order valence-electron chi connectivity index (χ2n) is 1.65. The summed E-state index contributed by atoms with van der Waals surface area (Å²) in [6, 6.07) is 1.41. The third-order valence-electron chi connectivity index (χ3n) is 1.06. The minimum absolute atomic E-state index is 0.120. The van der Waals surface area contributed by atoms with Gasteiger partial charge >= 0.3 is 5.97 Å². The molecule has 4 heteroatoms. The normalized spacial score (nSPS) is 9.20. The van der Waals surface area contributed by atoms with Crippen LogP contribution in [0.5, 0.6) is 0 Å². The van der Waals surface area contributed by atoms with Gasteiger partial charge in [-0.15, -0.1) is 0 Å². The molecule has 0 saturated carbocycles. The smallest absolute Gasteiger partial charge is 0.354 e. The summed E-state index contributed by atoms with van der Waals surface area (Å²) >= 11 is 0. The number of rotatable bonds is 2. The van der Waals surface area contributed by atoms with Gasteiger partial charge in [0.25, 0.3) is 0 Å². The molecule has 0 radical (unpaired) electrons. The third kappa shape index (κ3) is 0.907. The molecular formula is C6H6N2O2. The quantitative estimate of drug-likeness (QED) is 0.653. The molecule has 1 N–H and O–H groups in total. The molecule has 0 fully saturated rings. The molecule has 1 heterocycles. The summed E-state index contributed by atoms with van der Waals surface area (Å²) < 4.78 is 1.20. The van der Waals surface area contributed by atoms with Gasteiger partial charge in [0.05, 0.1) is 6.20 Å². The second-order valence-corrected chi connectivity index (χ2v) is 1.65. The number of nitrogens with zero attached hydrogens (tertiary/aromatic N) is 2. The molecule has 0 aliphatic heterocycles. The number of carbonyl (C=O) groups is 1. The van der Waals surface area contributed by atoms with E-state index in [-0.39, 0.29) is 5.69 Å². The highest BCUT2D eigenvalue weighted by Gasteiger charge is 2.06. The van der Waals surface area contributed by atoms with Crippen LogP contribution in [0.2, 0.25) is 0 Å². The van der Waals surface area contributed by atoms with Gasteiger partial charge < -0.3 is 5.11 Å². The Balaban J connectivity index is 3.13. The molecule has 0 atom stereocenters. The van der Waals surface area contributed by atoms with Crippen LogP contribution in [-0.2, 0) is 0 Å². The van der Waals surface area contributed by atoms with E-state index in [9.17, 15) is 4.79 Å². The van der Waals surface area contributed by atoms with Crippen molar-refractivity contribution in [3.05, 3.63) is 24.5 Å². The first kappa shape index (κ1) is 6.54. The van der Waals surface area contributed by atoms with Crippen LogP contribution in [-0.4, -0.2) is 20.9 Å². The minimum Gasteiger partial charge on any atom is -0.477 e. The monoisotopic (exact) mass is 138 g/mol. The molecule has 0 aliphatic carbocycles. The molecule has 0 aliphatic rings. The summed E-state index contributed by atoms with van der Waals surface area (Å²) in [5.74, 6) is -1.00. The third-order valence-corrected chi connectivity index (χ3v) is 1.06. The van der Waals surface area contributed by atoms with E-state index in [1.807, 2.05) is 0 Å². The van der Waals surface area contributed by atoms with Crippen LogP contribution in [0.1, 0.15) is 10.5 Å². The van der Waals surface area contributed by atoms with E-state index in [0.29, 0.717) is 0 Å². The average Bonchev–Trinajstić information content (AvgIpc) is 2.33. The average molecular weight is 138 g/mol. The maximum absolute atomic E-state index is 10.3. The van der Waals surface area contributed by atoms with Crippen molar-refractivity contribution in [3.63, 3.8) is 0 Å². The first-order chi connectivity index (χ1) is 4.75. The summed E-state index contributed by atoms with van der Waals surface area (Å²) in [6.07, 6.45) is 2.74. The Bertz CT molecular complexity index is 264. The molecule has 0 saturated heterocycles. The molecule has 0 amide bonds. The molecule has 52 valence electrons. The molecule has 1 rings (SSSR count). The largest absolute Gasteiger partial charge is 0.477 e. The van der Waals surface area contributed by atoms with E-state index in [4.69, 9.17) is 5.11 Å². The van der Waals surface area contributed by atoms with Crippen molar-refractivity contribution >= 4 is 12.2 Å². The van der Waals surface area contributed by atoms with Crippen molar-refractivity contribution in [3.8, 4) is 0 Å². The Morgan fingerprint density at radius 1 is 1.90 bits per heavy atom. The van der Waals surface area contributed by atoms with Crippen molar-refractivity contribution in [2.24, 2.45) is 0 Å². The Morgan fingerprint density at radius 2 is 2.60 bits per heavy atom. The van der Waals surface area contributed by atoms with E-state index in [0.717, 1.165) is 0 Å². The number of aromatic carboxylic acids is 1. The van der Waals surface area contributed by atoms with Crippen LogP contribution < -0.4 is 0 Å². The standard InChI is InChI=1S/C6H6N2O2/c1-2-8-5(6(9)10)3-4-7-8/h2-4H,1H2,(H,9,10). The molecule has 1 aromatic rings. The van der Waals surface area contributed by atoms with E-state index >= 15 is 0 Å². The molecule has 4 nitrogen and oxygen atoms in total. The van der Waals surface area contributed by atoms with Gasteiger partial charge in [-0.05, 0) is 6.07 Å². The van der Waals surface area contributed by atoms with E-state index in [2.05, 4.69) is 11.7 Å². The molecular weight excluding hydrogens is 132 g/mol. The summed E-state index contributed by atoms with van der Waals surface area (Å²) in [5.41, 5.74) is 0.120. The molecule has 0 unspecified atom stereocenters. The first-order valence-corrected chi connectivity index (χ1v) is 2.65. The highest BCUT2D eigenvalue weighted by molar-refractivity contribution is 5.86. The van der Waals surface area contributed by atoms with Gasteiger partial charge in [-0.25, -0.2) is 9.48 Å². The molecule has 0 bridgehead atoms. The molecule has 1 aromatic heterocycles. The lowest BCUT2D eigenvalue weighted by molar-refractivity contribution is 0.0687. The zero-order valence-corrected chi connectivity index (χ0v) is 5.19. The van der Waals surface area contributed by atoms with Crippen LogP contribution in [0.3, 0.4) is 0 Å². The Hall–Kier alpha value is -1.58. The van der Waals surface area contributed by atoms with Crippen molar-refractivity contribution in [1.29, 1.82) is 0 Å². The summed E-state index contributed by atoms with van der Waals surface area (Å²) in [6.45, 7) is 3.38. The first-order valence-electron chi connectivity index (χ1n) is 2.65. The Kier molecular flexibility index (Phi) is 1.53. The maximum atomic E-state index is 10.3. The number of hydrogen-bond acceptors (Lipinski definition) is 2. The number of hydrogen-bond donors (Lipinski definition) is 1. The number of aromatic nitrogens is 2. The van der Waals surface area contributed by atoms with Crippen LogP contribution >= 0.6 is 0 Å². The van der Waals surface area contributed by atoms with Gasteiger partial charge in [-0.2, -0.15) is 5.10 Å². The maximum Gasteiger partial charge on any atom is 0.354 e. The van der Waals surface area contributed by atoms with Crippen LogP contribution in [0, 0.1) is 0 Å². The number of carboxylic acid groups (broad SMARTS) is 1. The fraction of sp³-hybridized carbons (Fsp3) is 0. The SMILES string of the molecule is C=Cn1nccc1C(=O)O. The lowest BCUT2D eigenvalue weighted by Crippen LogP contribution is -2.03. The molecule has 0 aromatic carbocycles. The zero-order chi connectivity index (χ0) is 7.56. The fourth-order valence-corrected chi connectivity index (χ4v) is 0.629. The topological polar surface area (TPSA) is 55.1 Å². The highest BCUT2D eigenvalue weighted by Crippen LogP contribution is 1.97. The predicted octanol–water partition coefficient (Wildman–Crippen LogP) is 0.682. The lowest BCUT2D eigenvalue weighted by Gasteiger charge is -1.92. The van der Waals surface area contributed by atoms with Crippen molar-refractivity contribution in [1.82, 2.24) is 9.78 Å². The van der Waals surface area contributed by atoms with E-state index < -0.39 is 5.97 Å². The van der Waals surface area contributed by atoms with Crippen molar-refractivity contribution in [2.75, 3.05) is 0 Å². The zero-order valence-electron chi connectivity index (χ0n) is 5.19. The van der Waals surface area contributed by atoms with Gasteiger partial charge in [0, 0.05) is 6.20 Å². The summed E-state index contributed by atoms with van der Waals surface area (Å²) in [5, 5.41) is 12.2. The van der Waals surface area contributed by atoms with Gasteiger partial charge in [0.2, 0.25) is 0 Å². The van der Waals surface area contributed by atoms with Gasteiger partial charge in [-0.1, -0.05) is 6.58 Å². The Labute approximate surface area is 57.4 Å². The van der Waals surface area contributed by atoms with E-state index in [1.165, 1.54) is 23.1 Å². The Morgan fingerprint density at radius 3 is 3.00 bits per heavy atom. The fourth-order valence-electron chi connectivity index (χ4n) is 0.629. The van der Waals surface area contributed by atoms with Gasteiger partial charge in [0.15, 0.2) is 5.69 Å². The summed E-state index contributed by atoms with van der Waals surface area (Å²) in [4.78, 5) is 10.3. The van der Waals surface area contributed by atoms with Crippen molar-refractivity contribution < 1.29 is 9.90 Å². The molecule has 10 heavy (non-hydrogen) atoms. The second kappa shape index (κ2) is 2.34. The lowest BCUT2D eigenvalue weighted by atomic mass is 10.4. The van der Waals surface area contributed by atoms with Gasteiger partial charge in [-0.3, -0.25) is 0 Å². The van der Waals surface area contributed by atoms with Crippen LogP contribution in [0.25, 0.3) is 6.20 Å². The highest BCUT2D eigenvalue weighted by atomic mass is 16.4. The minimum atomic E-state index is -1.00. The van der Waals surface area contributed by atoms with Crippen LogP contribution in [0.15, 0.2) is 18.8 Å². The molecule has 0 spiro atoms. The van der Waals surface area contributed by atoms with E-state index in [1.54, 1.807) is 0 Å². The van der Waals surface area contributed by atoms with Gasteiger partial charge in [0.1, 0.15) is 0 Å². The van der Waals surface area contributed by atoms with Crippen molar-refractivity contribution in [2.45, 2.75) is 0 Å². The predicted molar refractivity (Wildman–Crippen MR) is 35.6 cm³/mol. The van der Waals surface area contributed by atoms with Crippen LogP contribution in [0.4, 0.5) is 0 Å². The summed E-state index contributed by atoms with van der Waals surface area (Å²) in [7, 11) is 0. The number of carboxylic acids is 1.